The van der Waals surface area contributed by atoms with Crippen molar-refractivity contribution >= 4 is 38.4 Å². The summed E-state index contributed by atoms with van der Waals surface area (Å²) in [6.45, 7) is 0. The van der Waals surface area contributed by atoms with Crippen LogP contribution in [0.3, 0.4) is 0 Å². The molecular weight excluding hydrogens is 613 g/mol. The van der Waals surface area contributed by atoms with Gasteiger partial charge in [-0.3, -0.25) is 4.40 Å². The molecule has 10 aromatic rings. The average Bonchev–Trinajstić information content (AvgIpc) is 3.81. The van der Waals surface area contributed by atoms with Crippen LogP contribution in [0.2, 0.25) is 0 Å². The van der Waals surface area contributed by atoms with Crippen molar-refractivity contribution in [3.8, 4) is 56.4 Å². The van der Waals surface area contributed by atoms with Crippen molar-refractivity contribution in [3.05, 3.63) is 170 Å². The number of para-hydroxylation sites is 1. The van der Waals surface area contributed by atoms with Gasteiger partial charge in [-0.05, 0) is 53.6 Å². The van der Waals surface area contributed by atoms with Gasteiger partial charge in [0.15, 0.2) is 5.58 Å². The number of rotatable bonds is 5. The SMILES string of the molecule is c1ccc(-c2nc3c(ccc4c(-c5ccc(-c6ccc(-c7c(-c8ccccc8)nc8ccccn78)cc6)cc5)nc5ccccc5c43)o2)cc1. The lowest BCUT2D eigenvalue weighted by atomic mass is 9.96. The fourth-order valence-electron chi connectivity index (χ4n) is 7.06. The van der Waals surface area contributed by atoms with Gasteiger partial charge in [-0.25, -0.2) is 15.0 Å². The van der Waals surface area contributed by atoms with Gasteiger partial charge in [0, 0.05) is 44.6 Å². The highest BCUT2D eigenvalue weighted by molar-refractivity contribution is 6.20. The highest BCUT2D eigenvalue weighted by Gasteiger charge is 2.18. The summed E-state index contributed by atoms with van der Waals surface area (Å²) in [5.74, 6) is 0.614. The molecule has 6 aromatic carbocycles. The number of aromatic nitrogens is 4. The van der Waals surface area contributed by atoms with E-state index in [-0.39, 0.29) is 0 Å². The van der Waals surface area contributed by atoms with E-state index < -0.39 is 0 Å². The molecule has 0 aliphatic rings. The summed E-state index contributed by atoms with van der Waals surface area (Å²) in [7, 11) is 0. The fourth-order valence-corrected chi connectivity index (χ4v) is 7.06. The Hall–Kier alpha value is -6.85. The summed E-state index contributed by atoms with van der Waals surface area (Å²) in [6, 6.07) is 56.4. The molecule has 0 spiro atoms. The molecule has 50 heavy (non-hydrogen) atoms. The van der Waals surface area contributed by atoms with Crippen LogP contribution in [0.25, 0.3) is 94.8 Å². The Kier molecular flexibility index (Phi) is 6.42. The second-order valence-electron chi connectivity index (χ2n) is 12.5. The predicted molar refractivity (Wildman–Crippen MR) is 203 cm³/mol. The van der Waals surface area contributed by atoms with Gasteiger partial charge in [0.25, 0.3) is 0 Å². The molecule has 10 rings (SSSR count). The molecule has 234 valence electrons. The minimum absolute atomic E-state index is 0.614. The van der Waals surface area contributed by atoms with Gasteiger partial charge in [0.1, 0.15) is 11.2 Å². The van der Waals surface area contributed by atoms with Crippen LogP contribution in [0, 0.1) is 0 Å². The lowest BCUT2D eigenvalue weighted by Crippen LogP contribution is -1.91. The van der Waals surface area contributed by atoms with E-state index in [0.717, 1.165) is 88.9 Å². The average molecular weight is 641 g/mol. The number of nitrogens with zero attached hydrogens (tertiary/aromatic N) is 4. The van der Waals surface area contributed by atoms with Gasteiger partial charge in [0.05, 0.1) is 22.6 Å². The third kappa shape index (κ3) is 4.60. The van der Waals surface area contributed by atoms with Crippen molar-refractivity contribution in [2.75, 3.05) is 0 Å². The van der Waals surface area contributed by atoms with Gasteiger partial charge in [-0.2, -0.15) is 0 Å². The first kappa shape index (κ1) is 28.2. The van der Waals surface area contributed by atoms with Gasteiger partial charge in [-0.15, -0.1) is 0 Å². The smallest absolute Gasteiger partial charge is 0.227 e. The topological polar surface area (TPSA) is 56.2 Å². The van der Waals surface area contributed by atoms with Crippen molar-refractivity contribution in [2.45, 2.75) is 0 Å². The van der Waals surface area contributed by atoms with E-state index in [1.807, 2.05) is 60.7 Å². The maximum atomic E-state index is 6.27. The van der Waals surface area contributed by atoms with E-state index in [4.69, 9.17) is 19.4 Å². The van der Waals surface area contributed by atoms with Crippen molar-refractivity contribution in [2.24, 2.45) is 0 Å². The molecule has 0 N–H and O–H groups in total. The molecule has 5 nitrogen and oxygen atoms in total. The highest BCUT2D eigenvalue weighted by Crippen LogP contribution is 2.39. The Bertz CT molecular complexity index is 2840. The van der Waals surface area contributed by atoms with E-state index >= 15 is 0 Å². The zero-order valence-electron chi connectivity index (χ0n) is 26.9. The molecule has 0 aliphatic heterocycles. The maximum absolute atomic E-state index is 6.27. The van der Waals surface area contributed by atoms with Crippen molar-refractivity contribution in [3.63, 3.8) is 0 Å². The number of fused-ring (bicyclic) bond motifs is 6. The summed E-state index contributed by atoms with van der Waals surface area (Å²) < 4.78 is 8.44. The largest absolute Gasteiger partial charge is 0.436 e. The van der Waals surface area contributed by atoms with Gasteiger partial charge in [0.2, 0.25) is 5.89 Å². The summed E-state index contributed by atoms with van der Waals surface area (Å²) in [5, 5.41) is 3.15. The van der Waals surface area contributed by atoms with E-state index in [2.05, 4.69) is 114 Å². The maximum Gasteiger partial charge on any atom is 0.227 e. The number of imidazole rings is 1. The Balaban J connectivity index is 1.04. The molecule has 5 heteroatoms. The summed E-state index contributed by atoms with van der Waals surface area (Å²) in [6.07, 6.45) is 2.08. The van der Waals surface area contributed by atoms with Crippen LogP contribution in [0.5, 0.6) is 0 Å². The minimum atomic E-state index is 0.614. The Morgan fingerprint density at radius 1 is 0.420 bits per heavy atom. The lowest BCUT2D eigenvalue weighted by molar-refractivity contribution is 0.620. The molecule has 0 fully saturated rings. The van der Waals surface area contributed by atoms with Crippen LogP contribution in [0.4, 0.5) is 0 Å². The zero-order chi connectivity index (χ0) is 33.0. The molecule has 0 amide bonds. The van der Waals surface area contributed by atoms with Crippen LogP contribution < -0.4 is 0 Å². The summed E-state index contributed by atoms with van der Waals surface area (Å²) in [4.78, 5) is 15.2. The molecule has 0 unspecified atom stereocenters. The molecule has 4 aromatic heterocycles. The summed E-state index contributed by atoms with van der Waals surface area (Å²) in [5.41, 5.74) is 12.9. The van der Waals surface area contributed by atoms with Gasteiger partial charge < -0.3 is 4.42 Å². The highest BCUT2D eigenvalue weighted by atomic mass is 16.3. The lowest BCUT2D eigenvalue weighted by Gasteiger charge is -2.11. The minimum Gasteiger partial charge on any atom is -0.436 e. The molecule has 0 aliphatic carbocycles. The second kappa shape index (κ2) is 11.4. The molecule has 0 saturated carbocycles. The van der Waals surface area contributed by atoms with Crippen molar-refractivity contribution in [1.29, 1.82) is 0 Å². The Labute approximate surface area is 287 Å². The third-order valence-corrected chi connectivity index (χ3v) is 9.47. The summed E-state index contributed by atoms with van der Waals surface area (Å²) >= 11 is 0. The monoisotopic (exact) mass is 640 g/mol. The quantitative estimate of drug-likeness (QED) is 0.176. The van der Waals surface area contributed by atoms with Crippen molar-refractivity contribution in [1.82, 2.24) is 19.4 Å². The number of hydrogen-bond acceptors (Lipinski definition) is 4. The molecular formula is C45H28N4O. The number of oxazole rings is 1. The normalized spacial score (nSPS) is 11.6. The number of hydrogen-bond donors (Lipinski definition) is 0. The number of benzene rings is 6. The Morgan fingerprint density at radius 2 is 1.04 bits per heavy atom. The number of pyridine rings is 2. The van der Waals surface area contributed by atoms with Crippen LogP contribution in [-0.4, -0.2) is 19.4 Å². The van der Waals surface area contributed by atoms with E-state index in [0.29, 0.717) is 5.89 Å². The zero-order valence-corrected chi connectivity index (χ0v) is 26.9. The molecule has 0 radical (unpaired) electrons. The van der Waals surface area contributed by atoms with E-state index in [9.17, 15) is 0 Å². The molecule has 4 heterocycles. The first-order chi connectivity index (χ1) is 24.8. The third-order valence-electron chi connectivity index (χ3n) is 9.47. The Morgan fingerprint density at radius 3 is 1.80 bits per heavy atom. The predicted octanol–water partition coefficient (Wildman–Crippen LogP) is 11.5. The van der Waals surface area contributed by atoms with Gasteiger partial charge in [-0.1, -0.05) is 121 Å². The van der Waals surface area contributed by atoms with Gasteiger partial charge >= 0.3 is 0 Å². The second-order valence-corrected chi connectivity index (χ2v) is 12.5. The first-order valence-corrected chi connectivity index (χ1v) is 16.7. The van der Waals surface area contributed by atoms with Crippen LogP contribution in [0.15, 0.2) is 174 Å². The molecule has 0 bridgehead atoms. The van der Waals surface area contributed by atoms with Crippen LogP contribution in [0.1, 0.15) is 0 Å². The molecule has 0 saturated heterocycles. The van der Waals surface area contributed by atoms with Crippen molar-refractivity contribution < 1.29 is 4.42 Å². The molecule has 0 atom stereocenters. The van der Waals surface area contributed by atoms with E-state index in [1.54, 1.807) is 0 Å². The standard InChI is InChI=1S/C45H28N4O/c1-3-11-31(12-4-1)42-44(49-28-10-9-17-39(49)47-42)33-24-20-30(21-25-33)29-18-22-32(23-19-29)41-36-26-27-38-43(40(36)35-15-7-8-16-37(35)46-41)48-45(50-38)34-13-5-2-6-14-34/h1-28H. The fraction of sp³-hybridized carbons (Fsp3) is 0. The van der Waals surface area contributed by atoms with Crippen LogP contribution in [-0.2, 0) is 0 Å². The van der Waals surface area contributed by atoms with Crippen LogP contribution >= 0.6 is 0 Å². The first-order valence-electron chi connectivity index (χ1n) is 16.7. The van der Waals surface area contributed by atoms with E-state index in [1.165, 1.54) is 0 Å².